The lowest BCUT2D eigenvalue weighted by Gasteiger charge is -2.11. The molecule has 0 N–H and O–H groups in total. The topological polar surface area (TPSA) is 43.4 Å². The van der Waals surface area contributed by atoms with E-state index in [9.17, 15) is 9.59 Å². The second kappa shape index (κ2) is 2.35. The largest absolute Gasteiger partial charge is 0.391 e. The molecule has 1 aliphatic rings. The summed E-state index contributed by atoms with van der Waals surface area (Å²) < 4.78 is 2.81. The molecule has 0 amide bonds. The lowest BCUT2D eigenvalue weighted by atomic mass is 10.3. The number of esters is 2. The van der Waals surface area contributed by atoms with Gasteiger partial charge in [0.15, 0.2) is 4.08 Å². The van der Waals surface area contributed by atoms with Gasteiger partial charge in [-0.3, -0.25) is 4.79 Å². The molecule has 6 heteroatoms. The van der Waals surface area contributed by atoms with E-state index in [-0.39, 0.29) is 0 Å². The van der Waals surface area contributed by atoms with Crippen molar-refractivity contribution in [2.24, 2.45) is 0 Å². The number of rotatable bonds is 0. The molecule has 1 fully saturated rings. The Balaban J connectivity index is 2.96. The van der Waals surface area contributed by atoms with Gasteiger partial charge in [-0.25, -0.2) is 4.79 Å². The van der Waals surface area contributed by atoms with Gasteiger partial charge in [0, 0.05) is 0 Å². The average Bonchev–Trinajstić information content (AvgIpc) is 1.97. The first-order valence-corrected chi connectivity index (χ1v) is 3.76. The van der Waals surface area contributed by atoms with Crippen molar-refractivity contribution in [3.05, 3.63) is 0 Å². The summed E-state index contributed by atoms with van der Waals surface area (Å²) in [5.41, 5.74) is 0. The molecule has 1 rings (SSSR count). The molecule has 0 aromatic heterocycles. The zero-order valence-electron chi connectivity index (χ0n) is 4.64. The lowest BCUT2D eigenvalue weighted by molar-refractivity contribution is -0.151. The van der Waals surface area contributed by atoms with Gasteiger partial charge in [-0.1, -0.05) is 0 Å². The predicted molar refractivity (Wildman–Crippen MR) is 44.6 cm³/mol. The average molecular weight is 196 g/mol. The minimum Gasteiger partial charge on any atom is -0.391 e. The van der Waals surface area contributed by atoms with E-state index in [0.717, 1.165) is 0 Å². The number of thiol groups is 3. The summed E-state index contributed by atoms with van der Waals surface area (Å²) in [5, 5.41) is -0.883. The minimum atomic E-state index is -1.37. The maximum absolute atomic E-state index is 10.7. The molecule has 0 aromatic carbocycles. The van der Waals surface area contributed by atoms with Crippen LogP contribution in [-0.4, -0.2) is 21.3 Å². The fourth-order valence-corrected chi connectivity index (χ4v) is 0.958. The molecule has 1 saturated heterocycles. The van der Waals surface area contributed by atoms with Crippen LogP contribution in [0.1, 0.15) is 0 Å². The third-order valence-electron chi connectivity index (χ3n) is 1.10. The zero-order chi connectivity index (χ0) is 7.94. The SMILES string of the molecule is O=C1OC(=O)C(S)(S)C1S. The molecule has 1 unspecified atom stereocenters. The van der Waals surface area contributed by atoms with Crippen molar-refractivity contribution in [2.45, 2.75) is 9.33 Å². The number of cyclic esters (lactones) is 2. The second-order valence-electron chi connectivity index (χ2n) is 1.84. The van der Waals surface area contributed by atoms with Gasteiger partial charge < -0.3 is 4.74 Å². The number of hydrogen-bond donors (Lipinski definition) is 3. The molecule has 56 valence electrons. The van der Waals surface area contributed by atoms with Crippen LogP contribution in [0.5, 0.6) is 0 Å². The van der Waals surface area contributed by atoms with Gasteiger partial charge in [0.25, 0.3) is 0 Å². The van der Waals surface area contributed by atoms with Crippen molar-refractivity contribution in [3.8, 4) is 0 Å². The van der Waals surface area contributed by atoms with E-state index < -0.39 is 21.3 Å². The van der Waals surface area contributed by atoms with Crippen LogP contribution in [0.4, 0.5) is 0 Å². The molecule has 0 bridgehead atoms. The Hall–Kier alpha value is 0.190. The summed E-state index contributed by atoms with van der Waals surface area (Å²) in [4.78, 5) is 21.3. The Morgan fingerprint density at radius 2 is 1.90 bits per heavy atom. The van der Waals surface area contributed by atoms with Crippen molar-refractivity contribution in [1.82, 2.24) is 0 Å². The van der Waals surface area contributed by atoms with E-state index in [2.05, 4.69) is 42.6 Å². The molecular formula is C4H4O3S3. The highest BCUT2D eigenvalue weighted by Crippen LogP contribution is 2.35. The molecule has 0 radical (unpaired) electrons. The first kappa shape index (κ1) is 8.29. The summed E-state index contributed by atoms with van der Waals surface area (Å²) in [5.74, 6) is -1.46. The van der Waals surface area contributed by atoms with E-state index in [1.807, 2.05) is 0 Å². The fourth-order valence-electron chi connectivity index (χ4n) is 0.498. The molecule has 0 aliphatic carbocycles. The fraction of sp³-hybridized carbons (Fsp3) is 0.500. The molecule has 0 saturated carbocycles. The van der Waals surface area contributed by atoms with Gasteiger partial charge in [0.2, 0.25) is 0 Å². The van der Waals surface area contributed by atoms with Crippen molar-refractivity contribution >= 4 is 49.8 Å². The molecule has 1 atom stereocenters. The van der Waals surface area contributed by atoms with Crippen LogP contribution in [0.3, 0.4) is 0 Å². The third kappa shape index (κ3) is 1.04. The van der Waals surface area contributed by atoms with Crippen molar-refractivity contribution in [3.63, 3.8) is 0 Å². The van der Waals surface area contributed by atoms with E-state index >= 15 is 0 Å². The highest BCUT2D eigenvalue weighted by Gasteiger charge is 2.51. The Morgan fingerprint density at radius 3 is 2.00 bits per heavy atom. The number of ether oxygens (including phenoxy) is 1. The van der Waals surface area contributed by atoms with Crippen LogP contribution < -0.4 is 0 Å². The summed E-state index contributed by atoms with van der Waals surface area (Å²) in [7, 11) is 0. The smallest absolute Gasteiger partial charge is 0.341 e. The second-order valence-corrected chi connectivity index (χ2v) is 4.12. The van der Waals surface area contributed by atoms with Gasteiger partial charge in [0.05, 0.1) is 0 Å². The predicted octanol–water partition coefficient (Wildman–Crippen LogP) is -0.0759. The number of carbonyl (C=O) groups is 2. The molecule has 1 heterocycles. The summed E-state index contributed by atoms with van der Waals surface area (Å²) in [6.45, 7) is 0. The van der Waals surface area contributed by atoms with E-state index in [1.165, 1.54) is 0 Å². The van der Waals surface area contributed by atoms with Gasteiger partial charge in [0.1, 0.15) is 5.25 Å². The standard InChI is InChI=1S/C4H4O3S3/c5-2-1(8)4(9,10)3(6)7-2/h1,8-10H. The van der Waals surface area contributed by atoms with Crippen LogP contribution in [0.15, 0.2) is 0 Å². The van der Waals surface area contributed by atoms with Gasteiger partial charge in [-0.15, -0.1) is 25.3 Å². The highest BCUT2D eigenvalue weighted by molar-refractivity contribution is 8.03. The van der Waals surface area contributed by atoms with Gasteiger partial charge >= 0.3 is 11.9 Å². The van der Waals surface area contributed by atoms with Crippen LogP contribution in [0.25, 0.3) is 0 Å². The van der Waals surface area contributed by atoms with E-state index in [1.54, 1.807) is 0 Å². The monoisotopic (exact) mass is 196 g/mol. The molecule has 0 spiro atoms. The zero-order valence-corrected chi connectivity index (χ0v) is 7.33. The van der Waals surface area contributed by atoms with Gasteiger partial charge in [-0.2, -0.15) is 12.6 Å². The Bertz CT molecular complexity index is 200. The number of carbonyl (C=O) groups excluding carboxylic acids is 2. The third-order valence-corrected chi connectivity index (χ3v) is 2.99. The van der Waals surface area contributed by atoms with E-state index in [0.29, 0.717) is 0 Å². The minimum absolute atomic E-state index is 0.696. The quantitative estimate of drug-likeness (QED) is 0.220. The van der Waals surface area contributed by atoms with Gasteiger partial charge in [-0.05, 0) is 0 Å². The van der Waals surface area contributed by atoms with Crippen LogP contribution in [0.2, 0.25) is 0 Å². The van der Waals surface area contributed by atoms with Crippen LogP contribution >= 0.6 is 37.9 Å². The maximum Gasteiger partial charge on any atom is 0.341 e. The Kier molecular flexibility index (Phi) is 1.95. The molecule has 10 heavy (non-hydrogen) atoms. The lowest BCUT2D eigenvalue weighted by Crippen LogP contribution is -2.29. The Labute approximate surface area is 73.7 Å². The van der Waals surface area contributed by atoms with Crippen molar-refractivity contribution in [2.75, 3.05) is 0 Å². The van der Waals surface area contributed by atoms with E-state index in [4.69, 9.17) is 0 Å². The highest BCUT2D eigenvalue weighted by atomic mass is 32.2. The normalized spacial score (nSPS) is 30.5. The van der Waals surface area contributed by atoms with Crippen LogP contribution in [0, 0.1) is 0 Å². The molecule has 1 aliphatic heterocycles. The summed E-state index contributed by atoms with van der Waals surface area (Å²) in [6, 6.07) is 0. The first-order chi connectivity index (χ1) is 4.46. The molecule has 0 aromatic rings. The number of hydrogen-bond acceptors (Lipinski definition) is 6. The Morgan fingerprint density at radius 1 is 1.40 bits per heavy atom. The summed E-state index contributed by atoms with van der Waals surface area (Å²) in [6.07, 6.45) is 0. The first-order valence-electron chi connectivity index (χ1n) is 2.35. The maximum atomic E-state index is 10.7. The van der Waals surface area contributed by atoms with Crippen molar-refractivity contribution < 1.29 is 14.3 Å². The van der Waals surface area contributed by atoms with Crippen LogP contribution in [-0.2, 0) is 14.3 Å². The van der Waals surface area contributed by atoms with Crippen molar-refractivity contribution in [1.29, 1.82) is 0 Å². The molecule has 3 nitrogen and oxygen atoms in total. The molecular weight excluding hydrogens is 192 g/mol. The summed E-state index contributed by atoms with van der Waals surface area (Å²) >= 11 is 11.4.